The number of hydrogen-bond donors (Lipinski definition) is 2. The van der Waals surface area contributed by atoms with E-state index in [4.69, 9.17) is 32.7 Å². The molecule has 2 N–H and O–H groups in total. The van der Waals surface area contributed by atoms with Gasteiger partial charge in [-0.1, -0.05) is 29.3 Å². The van der Waals surface area contributed by atoms with Gasteiger partial charge in [0.1, 0.15) is 0 Å². The van der Waals surface area contributed by atoms with Crippen molar-refractivity contribution in [2.45, 2.75) is 0 Å². The molecule has 7 nitrogen and oxygen atoms in total. The summed E-state index contributed by atoms with van der Waals surface area (Å²) in [6.45, 7) is 0. The fraction of sp³-hybridized carbons (Fsp3) is 0.118. The summed E-state index contributed by atoms with van der Waals surface area (Å²) in [7, 11) is 2.99. The van der Waals surface area contributed by atoms with E-state index < -0.39 is 11.8 Å². The van der Waals surface area contributed by atoms with Crippen LogP contribution >= 0.6 is 23.2 Å². The molecule has 2 rings (SSSR count). The molecule has 0 aliphatic carbocycles. The zero-order valence-electron chi connectivity index (χ0n) is 13.9. The molecule has 0 aliphatic heterocycles. The van der Waals surface area contributed by atoms with Crippen molar-refractivity contribution in [2.75, 3.05) is 19.5 Å². The highest BCUT2D eigenvalue weighted by molar-refractivity contribution is 6.42. The number of rotatable bonds is 5. The van der Waals surface area contributed by atoms with Gasteiger partial charge >= 0.3 is 11.8 Å². The maximum Gasteiger partial charge on any atom is 0.329 e. The van der Waals surface area contributed by atoms with Gasteiger partial charge in [0.15, 0.2) is 11.5 Å². The van der Waals surface area contributed by atoms with E-state index in [-0.39, 0.29) is 5.02 Å². The summed E-state index contributed by atoms with van der Waals surface area (Å²) in [6.07, 6.45) is 1.34. The Kier molecular flexibility index (Phi) is 6.82. The van der Waals surface area contributed by atoms with E-state index in [1.165, 1.54) is 38.6 Å². The second-order valence-corrected chi connectivity index (χ2v) is 5.68. The van der Waals surface area contributed by atoms with Gasteiger partial charge in [-0.05, 0) is 30.3 Å². The minimum Gasteiger partial charge on any atom is -0.493 e. The summed E-state index contributed by atoms with van der Waals surface area (Å²) in [5.41, 5.74) is 3.03. The lowest BCUT2D eigenvalue weighted by molar-refractivity contribution is -0.136. The zero-order valence-corrected chi connectivity index (χ0v) is 15.4. The van der Waals surface area contributed by atoms with E-state index in [0.29, 0.717) is 27.8 Å². The minimum atomic E-state index is -0.950. The van der Waals surface area contributed by atoms with Gasteiger partial charge in [-0.15, -0.1) is 0 Å². The van der Waals surface area contributed by atoms with Crippen LogP contribution in [0.15, 0.2) is 41.5 Å². The van der Waals surface area contributed by atoms with Gasteiger partial charge < -0.3 is 14.8 Å². The Labute approximate surface area is 159 Å². The Morgan fingerprint density at radius 3 is 2.46 bits per heavy atom. The molecule has 0 saturated heterocycles. The number of carbonyl (C=O) groups excluding carboxylic acids is 2. The number of para-hydroxylation sites is 1. The highest BCUT2D eigenvalue weighted by atomic mass is 35.5. The van der Waals surface area contributed by atoms with Crippen molar-refractivity contribution in [2.24, 2.45) is 5.10 Å². The van der Waals surface area contributed by atoms with Gasteiger partial charge in [-0.2, -0.15) is 5.10 Å². The van der Waals surface area contributed by atoms with Gasteiger partial charge in [0, 0.05) is 11.3 Å². The quantitative estimate of drug-likeness (QED) is 0.462. The normalized spacial score (nSPS) is 10.5. The fourth-order valence-electron chi connectivity index (χ4n) is 1.99. The van der Waals surface area contributed by atoms with Gasteiger partial charge in [-0.3, -0.25) is 9.59 Å². The van der Waals surface area contributed by atoms with Crippen LogP contribution in [0.5, 0.6) is 11.5 Å². The number of benzene rings is 2. The Morgan fingerprint density at radius 2 is 1.81 bits per heavy atom. The summed E-state index contributed by atoms with van der Waals surface area (Å²) in [4.78, 5) is 23.7. The molecule has 0 aromatic heterocycles. The van der Waals surface area contributed by atoms with Crippen LogP contribution < -0.4 is 20.2 Å². The van der Waals surface area contributed by atoms with Crippen molar-refractivity contribution >= 4 is 46.9 Å². The first kappa shape index (κ1) is 19.6. The topological polar surface area (TPSA) is 89.0 Å². The molecule has 2 aromatic carbocycles. The van der Waals surface area contributed by atoms with E-state index in [1.54, 1.807) is 18.2 Å². The molecule has 0 aliphatic rings. The van der Waals surface area contributed by atoms with Crippen molar-refractivity contribution in [1.29, 1.82) is 0 Å². The Hall–Kier alpha value is -2.77. The molecule has 0 bridgehead atoms. The summed E-state index contributed by atoms with van der Waals surface area (Å²) in [6, 6.07) is 9.63. The summed E-state index contributed by atoms with van der Waals surface area (Å²) < 4.78 is 10.4. The van der Waals surface area contributed by atoms with Crippen molar-refractivity contribution in [3.63, 3.8) is 0 Å². The first-order valence-electron chi connectivity index (χ1n) is 7.26. The molecule has 0 spiro atoms. The van der Waals surface area contributed by atoms with Crippen LogP contribution in [0.2, 0.25) is 10.0 Å². The second kappa shape index (κ2) is 9.07. The number of anilines is 1. The molecule has 0 saturated carbocycles. The van der Waals surface area contributed by atoms with Gasteiger partial charge in [0.25, 0.3) is 0 Å². The number of ether oxygens (including phenoxy) is 2. The molecule has 0 heterocycles. The first-order valence-corrected chi connectivity index (χ1v) is 8.02. The summed E-state index contributed by atoms with van der Waals surface area (Å²) in [5, 5.41) is 6.73. The standard InChI is InChI=1S/C17H15Cl2N3O4/c1-25-14-5-3-4-10(15(14)26-2)9-20-22-17(24)16(23)21-11-6-7-12(18)13(19)8-11/h3-9H,1-2H3,(H,21,23)(H,22,24)/b20-9+. The van der Waals surface area contributed by atoms with Crippen LogP contribution in [-0.2, 0) is 9.59 Å². The smallest absolute Gasteiger partial charge is 0.329 e. The molecule has 2 amide bonds. The number of nitrogens with zero attached hydrogens (tertiary/aromatic N) is 1. The number of carbonyl (C=O) groups is 2. The van der Waals surface area contributed by atoms with Crippen LogP contribution in [-0.4, -0.2) is 32.2 Å². The van der Waals surface area contributed by atoms with Crippen LogP contribution in [0.4, 0.5) is 5.69 Å². The molecular weight excluding hydrogens is 381 g/mol. The third kappa shape index (κ3) is 4.87. The molecule has 0 atom stereocenters. The van der Waals surface area contributed by atoms with Gasteiger partial charge in [-0.25, -0.2) is 5.43 Å². The summed E-state index contributed by atoms with van der Waals surface area (Å²) in [5.74, 6) is -0.888. The third-order valence-corrected chi connectivity index (χ3v) is 3.93. The molecule has 0 radical (unpaired) electrons. The van der Waals surface area contributed by atoms with E-state index in [1.807, 2.05) is 0 Å². The monoisotopic (exact) mass is 395 g/mol. The lowest BCUT2D eigenvalue weighted by Crippen LogP contribution is -2.32. The average Bonchev–Trinajstić information content (AvgIpc) is 2.64. The van der Waals surface area contributed by atoms with E-state index in [9.17, 15) is 9.59 Å². The number of amides is 2. The van der Waals surface area contributed by atoms with E-state index >= 15 is 0 Å². The molecule has 0 unspecified atom stereocenters. The predicted molar refractivity (Wildman–Crippen MR) is 100 cm³/mol. The van der Waals surface area contributed by atoms with Crippen molar-refractivity contribution in [1.82, 2.24) is 5.43 Å². The highest BCUT2D eigenvalue weighted by Crippen LogP contribution is 2.29. The number of halogens is 2. The highest BCUT2D eigenvalue weighted by Gasteiger charge is 2.14. The fourth-order valence-corrected chi connectivity index (χ4v) is 2.28. The second-order valence-electron chi connectivity index (χ2n) is 4.86. The largest absolute Gasteiger partial charge is 0.493 e. The first-order chi connectivity index (χ1) is 12.5. The van der Waals surface area contributed by atoms with Crippen molar-refractivity contribution < 1.29 is 19.1 Å². The number of hydrazone groups is 1. The Bertz CT molecular complexity index is 856. The predicted octanol–water partition coefficient (Wildman–Crippen LogP) is 3.10. The molecule has 26 heavy (non-hydrogen) atoms. The van der Waals surface area contributed by atoms with Gasteiger partial charge in [0.2, 0.25) is 0 Å². The zero-order chi connectivity index (χ0) is 19.1. The van der Waals surface area contributed by atoms with Gasteiger partial charge in [0.05, 0.1) is 30.5 Å². The van der Waals surface area contributed by atoms with Crippen LogP contribution in [0, 0.1) is 0 Å². The lowest BCUT2D eigenvalue weighted by atomic mass is 10.2. The van der Waals surface area contributed by atoms with E-state index in [0.717, 1.165) is 0 Å². The molecule has 2 aromatic rings. The molecular formula is C17H15Cl2N3O4. The van der Waals surface area contributed by atoms with Crippen molar-refractivity contribution in [3.8, 4) is 11.5 Å². The number of hydrogen-bond acceptors (Lipinski definition) is 5. The molecule has 9 heteroatoms. The third-order valence-electron chi connectivity index (χ3n) is 3.19. The maximum absolute atomic E-state index is 11.9. The van der Waals surface area contributed by atoms with Crippen LogP contribution in [0.3, 0.4) is 0 Å². The number of nitrogens with one attached hydrogen (secondary N) is 2. The molecule has 0 fully saturated rings. The SMILES string of the molecule is COc1cccc(/C=N/NC(=O)C(=O)Nc2ccc(Cl)c(Cl)c2)c1OC. The van der Waals surface area contributed by atoms with Crippen LogP contribution in [0.1, 0.15) is 5.56 Å². The van der Waals surface area contributed by atoms with Crippen molar-refractivity contribution in [3.05, 3.63) is 52.0 Å². The number of methoxy groups -OCH3 is 2. The minimum absolute atomic E-state index is 0.257. The lowest BCUT2D eigenvalue weighted by Gasteiger charge is -2.09. The van der Waals surface area contributed by atoms with Crippen LogP contribution in [0.25, 0.3) is 0 Å². The van der Waals surface area contributed by atoms with E-state index in [2.05, 4.69) is 15.8 Å². The maximum atomic E-state index is 11.9. The molecule has 136 valence electrons. The Balaban J connectivity index is 2.00. The average molecular weight is 396 g/mol. The Morgan fingerprint density at radius 1 is 1.04 bits per heavy atom. The summed E-state index contributed by atoms with van der Waals surface area (Å²) >= 11 is 11.6.